The molecular weight excluding hydrogens is 124 g/mol. The molecule has 1 N–H and O–H groups in total. The van der Waals surface area contributed by atoms with Gasteiger partial charge in [0, 0.05) is 7.11 Å². The molecule has 0 fully saturated rings. The molecule has 0 aromatic rings. The lowest BCUT2D eigenvalue weighted by molar-refractivity contribution is -0.375. The van der Waals surface area contributed by atoms with E-state index in [2.05, 4.69) is 14.5 Å². The molecule has 0 saturated heterocycles. The number of hydrogen-bond acceptors (Lipinski definition) is 4. The fraction of sp³-hybridized carbons (Fsp3) is 1.00. The molecule has 0 rings (SSSR count). The molecule has 0 bridgehead atoms. The highest BCUT2D eigenvalue weighted by atomic mass is 17.2. The van der Waals surface area contributed by atoms with Crippen molar-refractivity contribution in [2.75, 3.05) is 14.2 Å². The summed E-state index contributed by atoms with van der Waals surface area (Å²) in [6.45, 7) is 1.55. The Morgan fingerprint density at radius 3 is 2.00 bits per heavy atom. The Hall–Kier alpha value is -0.160. The van der Waals surface area contributed by atoms with Crippen molar-refractivity contribution in [3.63, 3.8) is 0 Å². The maximum Gasteiger partial charge on any atom is 0.216 e. The van der Waals surface area contributed by atoms with Gasteiger partial charge in [-0.1, -0.05) is 0 Å². The Kier molecular flexibility index (Phi) is 4.61. The monoisotopic (exact) mass is 136 g/mol. The maximum absolute atomic E-state index is 8.81. The Balaban J connectivity index is 3.41. The molecule has 0 saturated carbocycles. The molecule has 0 aliphatic heterocycles. The molecule has 0 spiro atoms. The molecule has 0 aromatic carbocycles. The Morgan fingerprint density at radius 2 is 1.89 bits per heavy atom. The molecule has 0 heterocycles. The molecular formula is C5H12O4. The van der Waals surface area contributed by atoms with Crippen molar-refractivity contribution >= 4 is 0 Å². The van der Waals surface area contributed by atoms with Crippen LogP contribution >= 0.6 is 0 Å². The van der Waals surface area contributed by atoms with E-state index in [1.807, 2.05) is 0 Å². The second-order valence-electron chi connectivity index (χ2n) is 1.61. The fourth-order valence-corrected chi connectivity index (χ4v) is 0.411. The maximum atomic E-state index is 8.81. The number of hydrogen-bond donors (Lipinski definition) is 1. The van der Waals surface area contributed by atoms with Crippen molar-refractivity contribution in [2.45, 2.75) is 19.3 Å². The molecule has 2 unspecified atom stereocenters. The van der Waals surface area contributed by atoms with E-state index >= 15 is 0 Å². The van der Waals surface area contributed by atoms with Gasteiger partial charge in [-0.3, -0.25) is 0 Å². The number of aliphatic hydroxyl groups is 1. The smallest absolute Gasteiger partial charge is 0.216 e. The van der Waals surface area contributed by atoms with E-state index in [0.717, 1.165) is 0 Å². The second kappa shape index (κ2) is 4.69. The topological polar surface area (TPSA) is 47.9 Å². The SMILES string of the molecule is COOC(OC)C(C)O. The first-order valence-corrected chi connectivity index (χ1v) is 2.62. The predicted molar refractivity (Wildman–Crippen MR) is 30.6 cm³/mol. The summed E-state index contributed by atoms with van der Waals surface area (Å²) < 4.78 is 4.65. The van der Waals surface area contributed by atoms with Gasteiger partial charge >= 0.3 is 0 Å². The first kappa shape index (κ1) is 8.84. The van der Waals surface area contributed by atoms with Gasteiger partial charge in [-0.05, 0) is 6.92 Å². The van der Waals surface area contributed by atoms with Crippen molar-refractivity contribution in [1.82, 2.24) is 0 Å². The molecule has 4 heteroatoms. The largest absolute Gasteiger partial charge is 0.388 e. The molecule has 0 aliphatic carbocycles. The molecule has 56 valence electrons. The highest BCUT2D eigenvalue weighted by Gasteiger charge is 2.13. The third kappa shape index (κ3) is 3.42. The van der Waals surface area contributed by atoms with Crippen LogP contribution < -0.4 is 0 Å². The van der Waals surface area contributed by atoms with Crippen LogP contribution in [-0.4, -0.2) is 31.7 Å². The average Bonchev–Trinajstić information content (AvgIpc) is 1.82. The lowest BCUT2D eigenvalue weighted by Crippen LogP contribution is -2.27. The number of ether oxygens (including phenoxy) is 1. The molecule has 2 atom stereocenters. The molecule has 4 nitrogen and oxygen atoms in total. The van der Waals surface area contributed by atoms with Crippen molar-refractivity contribution in [3.8, 4) is 0 Å². The summed E-state index contributed by atoms with van der Waals surface area (Å²) in [6, 6.07) is 0. The lowest BCUT2D eigenvalue weighted by atomic mass is 10.4. The van der Waals surface area contributed by atoms with Gasteiger partial charge < -0.3 is 9.84 Å². The van der Waals surface area contributed by atoms with Crippen LogP contribution in [0.15, 0.2) is 0 Å². The minimum atomic E-state index is -0.699. The van der Waals surface area contributed by atoms with Gasteiger partial charge in [-0.15, -0.1) is 0 Å². The standard InChI is InChI=1S/C5H12O4/c1-4(6)5(7-2)9-8-3/h4-6H,1-3H3. The second-order valence-corrected chi connectivity index (χ2v) is 1.61. The average molecular weight is 136 g/mol. The Morgan fingerprint density at radius 1 is 1.33 bits per heavy atom. The van der Waals surface area contributed by atoms with Gasteiger partial charge in [0.05, 0.1) is 7.11 Å². The van der Waals surface area contributed by atoms with Crippen molar-refractivity contribution in [1.29, 1.82) is 0 Å². The van der Waals surface area contributed by atoms with Gasteiger partial charge in [-0.2, -0.15) is 0 Å². The molecule has 9 heavy (non-hydrogen) atoms. The van der Waals surface area contributed by atoms with Crippen LogP contribution in [0.4, 0.5) is 0 Å². The van der Waals surface area contributed by atoms with Gasteiger partial charge in [-0.25, -0.2) is 9.78 Å². The zero-order valence-electron chi connectivity index (χ0n) is 5.83. The first-order valence-electron chi connectivity index (χ1n) is 2.62. The van der Waals surface area contributed by atoms with E-state index in [0.29, 0.717) is 0 Å². The third-order valence-electron chi connectivity index (χ3n) is 0.817. The van der Waals surface area contributed by atoms with Gasteiger partial charge in [0.15, 0.2) is 0 Å². The zero-order valence-corrected chi connectivity index (χ0v) is 5.83. The normalized spacial score (nSPS) is 17.3. The van der Waals surface area contributed by atoms with Crippen molar-refractivity contribution < 1.29 is 19.6 Å². The lowest BCUT2D eigenvalue weighted by Gasteiger charge is -2.15. The van der Waals surface area contributed by atoms with E-state index in [4.69, 9.17) is 5.11 Å². The van der Waals surface area contributed by atoms with Crippen LogP contribution in [0.2, 0.25) is 0 Å². The summed E-state index contributed by atoms with van der Waals surface area (Å²) in [4.78, 5) is 8.75. The van der Waals surface area contributed by atoms with E-state index in [-0.39, 0.29) is 0 Å². The van der Waals surface area contributed by atoms with Crippen LogP contribution in [0.5, 0.6) is 0 Å². The van der Waals surface area contributed by atoms with Gasteiger partial charge in [0.25, 0.3) is 0 Å². The van der Waals surface area contributed by atoms with E-state index < -0.39 is 12.4 Å². The van der Waals surface area contributed by atoms with Crippen LogP contribution in [0.3, 0.4) is 0 Å². The summed E-state index contributed by atoms with van der Waals surface area (Å²) in [5, 5.41) is 8.81. The molecule has 0 aromatic heterocycles. The van der Waals surface area contributed by atoms with Crippen LogP contribution in [0.1, 0.15) is 6.92 Å². The fourth-order valence-electron chi connectivity index (χ4n) is 0.411. The van der Waals surface area contributed by atoms with Crippen molar-refractivity contribution in [3.05, 3.63) is 0 Å². The van der Waals surface area contributed by atoms with Crippen LogP contribution in [0, 0.1) is 0 Å². The third-order valence-corrected chi connectivity index (χ3v) is 0.817. The number of aliphatic hydroxyl groups excluding tert-OH is 1. The summed E-state index contributed by atoms with van der Waals surface area (Å²) in [7, 11) is 2.78. The Bertz CT molecular complexity index is 64.0. The quantitative estimate of drug-likeness (QED) is 0.333. The predicted octanol–water partition coefficient (Wildman–Crippen LogP) is -0.0823. The zero-order chi connectivity index (χ0) is 7.28. The van der Waals surface area contributed by atoms with Gasteiger partial charge in [0.1, 0.15) is 6.10 Å². The van der Waals surface area contributed by atoms with Crippen LogP contribution in [-0.2, 0) is 14.5 Å². The number of rotatable bonds is 4. The number of methoxy groups -OCH3 is 1. The highest BCUT2D eigenvalue weighted by molar-refractivity contribution is 4.47. The Labute approximate surface area is 54.3 Å². The molecule has 0 amide bonds. The first-order chi connectivity index (χ1) is 4.22. The van der Waals surface area contributed by atoms with Gasteiger partial charge in [0.2, 0.25) is 6.29 Å². The summed E-state index contributed by atoms with van der Waals surface area (Å²) >= 11 is 0. The van der Waals surface area contributed by atoms with E-state index in [9.17, 15) is 0 Å². The van der Waals surface area contributed by atoms with Crippen molar-refractivity contribution in [2.24, 2.45) is 0 Å². The van der Waals surface area contributed by atoms with Crippen LogP contribution in [0.25, 0.3) is 0 Å². The summed E-state index contributed by atoms with van der Waals surface area (Å²) in [5.74, 6) is 0. The summed E-state index contributed by atoms with van der Waals surface area (Å²) in [6.07, 6.45) is -1.38. The minimum Gasteiger partial charge on any atom is -0.388 e. The minimum absolute atomic E-state index is 0.685. The summed E-state index contributed by atoms with van der Waals surface area (Å²) in [5.41, 5.74) is 0. The molecule has 0 radical (unpaired) electrons. The van der Waals surface area contributed by atoms with E-state index in [1.54, 1.807) is 6.92 Å². The van der Waals surface area contributed by atoms with E-state index in [1.165, 1.54) is 14.2 Å². The highest BCUT2D eigenvalue weighted by Crippen LogP contribution is 1.98. The molecule has 0 aliphatic rings.